The van der Waals surface area contributed by atoms with E-state index < -0.39 is 5.97 Å². The maximum absolute atomic E-state index is 11.8. The molecule has 0 aliphatic heterocycles. The zero-order valence-electron chi connectivity index (χ0n) is 20.9. The molecule has 0 unspecified atom stereocenters. The van der Waals surface area contributed by atoms with E-state index in [1.165, 1.54) is 27.5 Å². The van der Waals surface area contributed by atoms with Crippen molar-refractivity contribution in [3.05, 3.63) is 102 Å². The van der Waals surface area contributed by atoms with Crippen LogP contribution in [0.25, 0.3) is 33.0 Å². The molecule has 0 saturated heterocycles. The van der Waals surface area contributed by atoms with Gasteiger partial charge in [0.05, 0.1) is 13.2 Å². The number of aryl methyl sites for hydroxylation is 1. The minimum absolute atomic E-state index is 0.0674. The van der Waals surface area contributed by atoms with E-state index in [0.717, 1.165) is 23.1 Å². The summed E-state index contributed by atoms with van der Waals surface area (Å²) >= 11 is 0. The Morgan fingerprint density at radius 1 is 0.833 bits per heavy atom. The van der Waals surface area contributed by atoms with Crippen LogP contribution in [0.1, 0.15) is 25.0 Å². The van der Waals surface area contributed by atoms with Crippen LogP contribution in [0.4, 0.5) is 0 Å². The molecule has 4 aromatic rings. The standard InChI is InChI=1S/C32H32O4/c1-4-23-19-27(26-10-9-24-7-5-6-8-25(24)20-26)11-13-30(23)28-12-14-31(35-18-16-33)29(21-28)15-17-36-32(34)22(2)3/h5-14,19-21,33H,2,4,15-18H2,1,3H3. The molecule has 4 nitrogen and oxygen atoms in total. The van der Waals surface area contributed by atoms with Gasteiger partial charge in [0.15, 0.2) is 0 Å². The van der Waals surface area contributed by atoms with E-state index >= 15 is 0 Å². The number of fused-ring (bicyclic) bond motifs is 1. The molecular weight excluding hydrogens is 448 g/mol. The molecule has 36 heavy (non-hydrogen) atoms. The highest BCUT2D eigenvalue weighted by molar-refractivity contribution is 5.88. The first-order valence-corrected chi connectivity index (χ1v) is 12.3. The molecule has 0 radical (unpaired) electrons. The van der Waals surface area contributed by atoms with Gasteiger partial charge < -0.3 is 14.6 Å². The van der Waals surface area contributed by atoms with E-state index in [-0.39, 0.29) is 19.8 Å². The summed E-state index contributed by atoms with van der Waals surface area (Å²) in [4.78, 5) is 11.8. The van der Waals surface area contributed by atoms with Gasteiger partial charge in [0.1, 0.15) is 12.4 Å². The van der Waals surface area contributed by atoms with Crippen molar-refractivity contribution in [3.8, 4) is 28.0 Å². The largest absolute Gasteiger partial charge is 0.491 e. The van der Waals surface area contributed by atoms with Gasteiger partial charge >= 0.3 is 5.97 Å². The van der Waals surface area contributed by atoms with Gasteiger partial charge in [-0.05, 0) is 75.7 Å². The highest BCUT2D eigenvalue weighted by atomic mass is 16.5. The summed E-state index contributed by atoms with van der Waals surface area (Å²) in [6.07, 6.45) is 1.40. The van der Waals surface area contributed by atoms with Gasteiger partial charge in [0.25, 0.3) is 0 Å². The third-order valence-corrected chi connectivity index (χ3v) is 6.24. The maximum atomic E-state index is 11.8. The van der Waals surface area contributed by atoms with Crippen molar-refractivity contribution in [2.45, 2.75) is 26.7 Å². The van der Waals surface area contributed by atoms with Crippen molar-refractivity contribution in [2.24, 2.45) is 0 Å². The average molecular weight is 481 g/mol. The highest BCUT2D eigenvalue weighted by Gasteiger charge is 2.12. The normalized spacial score (nSPS) is 10.9. The topological polar surface area (TPSA) is 55.8 Å². The molecule has 4 rings (SSSR count). The van der Waals surface area contributed by atoms with E-state index in [1.807, 2.05) is 12.1 Å². The van der Waals surface area contributed by atoms with Crippen LogP contribution in [-0.2, 0) is 22.4 Å². The Labute approximate surface area is 212 Å². The van der Waals surface area contributed by atoms with E-state index in [4.69, 9.17) is 9.47 Å². The van der Waals surface area contributed by atoms with Crippen LogP contribution in [0.3, 0.4) is 0 Å². The highest BCUT2D eigenvalue weighted by Crippen LogP contribution is 2.33. The molecule has 0 bridgehead atoms. The molecule has 4 heteroatoms. The van der Waals surface area contributed by atoms with Crippen LogP contribution in [0.15, 0.2) is 91.0 Å². The Morgan fingerprint density at radius 3 is 2.28 bits per heavy atom. The predicted molar refractivity (Wildman–Crippen MR) is 146 cm³/mol. The van der Waals surface area contributed by atoms with Crippen LogP contribution >= 0.6 is 0 Å². The molecule has 0 aliphatic carbocycles. The van der Waals surface area contributed by atoms with Gasteiger partial charge in [-0.3, -0.25) is 0 Å². The Kier molecular flexibility index (Phi) is 8.19. The molecule has 0 atom stereocenters. The first kappa shape index (κ1) is 25.2. The van der Waals surface area contributed by atoms with Gasteiger partial charge in [0.2, 0.25) is 0 Å². The Morgan fingerprint density at radius 2 is 1.53 bits per heavy atom. The summed E-state index contributed by atoms with van der Waals surface area (Å²) in [6.45, 7) is 7.79. The average Bonchev–Trinajstić information content (AvgIpc) is 2.91. The second-order valence-electron chi connectivity index (χ2n) is 8.85. The second-order valence-corrected chi connectivity index (χ2v) is 8.85. The number of hydrogen-bond acceptors (Lipinski definition) is 4. The Balaban J connectivity index is 1.64. The third-order valence-electron chi connectivity index (χ3n) is 6.24. The van der Waals surface area contributed by atoms with Crippen LogP contribution < -0.4 is 4.74 Å². The molecule has 0 heterocycles. The molecule has 0 spiro atoms. The molecule has 0 saturated carbocycles. The quantitative estimate of drug-likeness (QED) is 0.201. The van der Waals surface area contributed by atoms with Crippen molar-refractivity contribution in [2.75, 3.05) is 19.8 Å². The lowest BCUT2D eigenvalue weighted by Gasteiger charge is -2.16. The molecule has 184 valence electrons. The minimum atomic E-state index is -0.401. The fourth-order valence-corrected chi connectivity index (χ4v) is 4.33. The molecule has 0 aliphatic rings. The van der Waals surface area contributed by atoms with Crippen LogP contribution in [-0.4, -0.2) is 30.9 Å². The second kappa shape index (κ2) is 11.7. The summed E-state index contributed by atoms with van der Waals surface area (Å²) in [7, 11) is 0. The monoisotopic (exact) mass is 480 g/mol. The lowest BCUT2D eigenvalue weighted by Crippen LogP contribution is -2.10. The van der Waals surface area contributed by atoms with Gasteiger partial charge in [-0.25, -0.2) is 4.79 Å². The molecule has 0 aromatic heterocycles. The Bertz CT molecular complexity index is 1390. The van der Waals surface area contributed by atoms with Crippen LogP contribution in [0.2, 0.25) is 0 Å². The van der Waals surface area contributed by atoms with E-state index in [0.29, 0.717) is 17.7 Å². The molecule has 0 fully saturated rings. The third kappa shape index (κ3) is 5.84. The van der Waals surface area contributed by atoms with E-state index in [1.54, 1.807) is 6.92 Å². The van der Waals surface area contributed by atoms with Crippen LogP contribution in [0.5, 0.6) is 5.75 Å². The fourth-order valence-electron chi connectivity index (χ4n) is 4.33. The number of carbonyl (C=O) groups excluding carboxylic acids is 1. The first-order chi connectivity index (χ1) is 17.5. The molecule has 1 N–H and O–H groups in total. The summed E-state index contributed by atoms with van der Waals surface area (Å²) in [5, 5.41) is 11.7. The van der Waals surface area contributed by atoms with Crippen molar-refractivity contribution in [3.63, 3.8) is 0 Å². The maximum Gasteiger partial charge on any atom is 0.333 e. The number of ether oxygens (including phenoxy) is 2. The zero-order chi connectivity index (χ0) is 25.5. The minimum Gasteiger partial charge on any atom is -0.491 e. The van der Waals surface area contributed by atoms with Gasteiger partial charge in [-0.2, -0.15) is 0 Å². The smallest absolute Gasteiger partial charge is 0.333 e. The van der Waals surface area contributed by atoms with Gasteiger partial charge in [0, 0.05) is 12.0 Å². The summed E-state index contributed by atoms with van der Waals surface area (Å²) in [5.74, 6) is 0.284. The van der Waals surface area contributed by atoms with E-state index in [9.17, 15) is 9.90 Å². The number of aliphatic hydroxyl groups is 1. The van der Waals surface area contributed by atoms with E-state index in [2.05, 4.69) is 80.2 Å². The molecular formula is C32H32O4. The predicted octanol–water partition coefficient (Wildman–Crippen LogP) is 6.77. The summed E-state index contributed by atoms with van der Waals surface area (Å²) in [5.41, 5.74) is 7.18. The van der Waals surface area contributed by atoms with Crippen molar-refractivity contribution >= 4 is 16.7 Å². The number of aliphatic hydroxyl groups excluding tert-OH is 1. The molecule has 0 amide bonds. The zero-order valence-corrected chi connectivity index (χ0v) is 20.9. The van der Waals surface area contributed by atoms with Crippen LogP contribution in [0, 0.1) is 0 Å². The molecule has 4 aromatic carbocycles. The van der Waals surface area contributed by atoms with Crippen molar-refractivity contribution in [1.82, 2.24) is 0 Å². The number of hydrogen-bond donors (Lipinski definition) is 1. The Hall–Kier alpha value is -3.89. The lowest BCUT2D eigenvalue weighted by molar-refractivity contribution is -0.138. The summed E-state index contributed by atoms with van der Waals surface area (Å²) in [6, 6.07) is 27.7. The van der Waals surface area contributed by atoms with Crippen molar-refractivity contribution in [1.29, 1.82) is 0 Å². The van der Waals surface area contributed by atoms with Gasteiger partial charge in [-0.1, -0.05) is 74.2 Å². The first-order valence-electron chi connectivity index (χ1n) is 12.3. The lowest BCUT2D eigenvalue weighted by atomic mass is 9.92. The number of rotatable bonds is 10. The fraction of sp³-hybridized carbons (Fsp3) is 0.219. The number of carbonyl (C=O) groups is 1. The van der Waals surface area contributed by atoms with Gasteiger partial charge in [-0.15, -0.1) is 0 Å². The number of benzene rings is 4. The SMILES string of the molecule is C=C(C)C(=O)OCCc1cc(-c2ccc(-c3ccc4ccccc4c3)cc2CC)ccc1OCCO. The number of esters is 1. The van der Waals surface area contributed by atoms with Crippen molar-refractivity contribution < 1.29 is 19.4 Å². The summed E-state index contributed by atoms with van der Waals surface area (Å²) < 4.78 is 11.1.